The maximum absolute atomic E-state index is 13.5. The Bertz CT molecular complexity index is 436. The van der Waals surface area contributed by atoms with E-state index >= 15 is 0 Å². The van der Waals surface area contributed by atoms with Gasteiger partial charge in [0.1, 0.15) is 5.60 Å². The Morgan fingerprint density at radius 3 is 2.67 bits per heavy atom. The number of likely N-dealkylation sites (tertiary alicyclic amines) is 1. The van der Waals surface area contributed by atoms with Gasteiger partial charge in [-0.2, -0.15) is 0 Å². The second-order valence-electron chi connectivity index (χ2n) is 6.83. The van der Waals surface area contributed by atoms with Gasteiger partial charge in [0, 0.05) is 19.5 Å². The van der Waals surface area contributed by atoms with Gasteiger partial charge < -0.3 is 15.0 Å². The third-order valence-corrected chi connectivity index (χ3v) is 4.18. The van der Waals surface area contributed by atoms with Crippen LogP contribution in [0.25, 0.3) is 0 Å². The minimum Gasteiger partial charge on any atom is -0.444 e. The molecule has 0 spiro atoms. The lowest BCUT2D eigenvalue weighted by molar-refractivity contribution is -0.137. The normalized spacial score (nSPS) is 29.9. The topological polar surface area (TPSA) is 58.6 Å². The minimum atomic E-state index is -2.51. The van der Waals surface area contributed by atoms with Crippen LogP contribution in [-0.2, 0) is 9.53 Å². The predicted octanol–water partition coefficient (Wildman–Crippen LogP) is 2.16. The van der Waals surface area contributed by atoms with Gasteiger partial charge in [0.15, 0.2) is 0 Å². The molecule has 0 saturated carbocycles. The van der Waals surface area contributed by atoms with Crippen molar-refractivity contribution in [1.29, 1.82) is 0 Å². The molecule has 2 amide bonds. The molecule has 120 valence electrons. The van der Waals surface area contributed by atoms with Crippen LogP contribution in [0, 0.1) is 5.41 Å². The van der Waals surface area contributed by atoms with Crippen molar-refractivity contribution in [3.63, 3.8) is 0 Å². The zero-order valence-corrected chi connectivity index (χ0v) is 12.6. The predicted molar refractivity (Wildman–Crippen MR) is 72.0 cm³/mol. The summed E-state index contributed by atoms with van der Waals surface area (Å²) >= 11 is 0. The van der Waals surface area contributed by atoms with Crippen molar-refractivity contribution in [3.8, 4) is 0 Å². The lowest BCUT2D eigenvalue weighted by Gasteiger charge is -2.49. The summed E-state index contributed by atoms with van der Waals surface area (Å²) in [6.45, 7) is 5.55. The van der Waals surface area contributed by atoms with Crippen molar-refractivity contribution in [2.75, 3.05) is 13.1 Å². The van der Waals surface area contributed by atoms with Gasteiger partial charge in [-0.05, 0) is 33.6 Å². The number of rotatable bonds is 1. The molecule has 0 aliphatic carbocycles. The van der Waals surface area contributed by atoms with Gasteiger partial charge >= 0.3 is 6.09 Å². The number of nitrogens with zero attached hydrogens (tertiary/aromatic N) is 1. The highest BCUT2D eigenvalue weighted by atomic mass is 19.3. The zero-order valence-electron chi connectivity index (χ0n) is 12.6. The van der Waals surface area contributed by atoms with Crippen molar-refractivity contribution in [1.82, 2.24) is 10.2 Å². The summed E-state index contributed by atoms with van der Waals surface area (Å²) in [5.74, 6) is -0.234. The van der Waals surface area contributed by atoms with Crippen LogP contribution in [0.15, 0.2) is 0 Å². The first-order valence-electron chi connectivity index (χ1n) is 7.19. The van der Waals surface area contributed by atoms with Crippen LogP contribution < -0.4 is 5.32 Å². The molecule has 0 radical (unpaired) electrons. The molecule has 2 fully saturated rings. The molecule has 1 N–H and O–H groups in total. The van der Waals surface area contributed by atoms with Crippen LogP contribution in [0.4, 0.5) is 13.6 Å². The number of hydrogen-bond donors (Lipinski definition) is 1. The van der Waals surface area contributed by atoms with Crippen LogP contribution in [0.5, 0.6) is 0 Å². The third kappa shape index (κ3) is 3.27. The van der Waals surface area contributed by atoms with Crippen LogP contribution >= 0.6 is 0 Å². The number of ether oxygens (including phenoxy) is 1. The van der Waals surface area contributed by atoms with Crippen LogP contribution in [0.1, 0.15) is 40.0 Å². The maximum Gasteiger partial charge on any atom is 0.410 e. The molecule has 2 atom stereocenters. The lowest BCUT2D eigenvalue weighted by Crippen LogP contribution is -2.64. The summed E-state index contributed by atoms with van der Waals surface area (Å²) in [6, 6.07) is -0.708. The van der Waals surface area contributed by atoms with Gasteiger partial charge in [0.2, 0.25) is 12.3 Å². The molecule has 0 aromatic carbocycles. The van der Waals surface area contributed by atoms with Crippen molar-refractivity contribution < 1.29 is 23.1 Å². The average Bonchev–Trinajstić information content (AvgIpc) is 2.35. The molecule has 5 nitrogen and oxygen atoms in total. The third-order valence-electron chi connectivity index (χ3n) is 4.18. The number of carbonyl (C=O) groups excluding carboxylic acids is 2. The van der Waals surface area contributed by atoms with E-state index in [9.17, 15) is 18.4 Å². The summed E-state index contributed by atoms with van der Waals surface area (Å²) in [6.07, 6.45) is -2.57. The minimum absolute atomic E-state index is 0.0744. The monoisotopic (exact) mass is 304 g/mol. The van der Waals surface area contributed by atoms with Gasteiger partial charge in [0.05, 0.1) is 11.5 Å². The van der Waals surface area contributed by atoms with E-state index in [-0.39, 0.29) is 38.3 Å². The molecule has 2 aliphatic rings. The van der Waals surface area contributed by atoms with Crippen LogP contribution in [0.2, 0.25) is 0 Å². The maximum atomic E-state index is 13.5. The lowest BCUT2D eigenvalue weighted by atomic mass is 9.69. The van der Waals surface area contributed by atoms with Crippen molar-refractivity contribution >= 4 is 12.0 Å². The van der Waals surface area contributed by atoms with E-state index in [1.54, 1.807) is 20.8 Å². The van der Waals surface area contributed by atoms with Crippen molar-refractivity contribution in [3.05, 3.63) is 0 Å². The number of halogens is 2. The van der Waals surface area contributed by atoms with Crippen molar-refractivity contribution in [2.24, 2.45) is 5.41 Å². The Labute approximate surface area is 123 Å². The van der Waals surface area contributed by atoms with E-state index in [4.69, 9.17) is 4.74 Å². The molecule has 0 bridgehead atoms. The first-order valence-corrected chi connectivity index (χ1v) is 7.19. The largest absolute Gasteiger partial charge is 0.444 e. The highest BCUT2D eigenvalue weighted by Crippen LogP contribution is 2.44. The smallest absolute Gasteiger partial charge is 0.410 e. The standard InChI is InChI=1S/C14H22F2N2O3/c1-13(2,3)21-12(20)18-7-6-14(11(15)16)5-4-10(19)17-9(14)8-18/h9,11H,4-8H2,1-3H3,(H,17,19). The fraction of sp³-hybridized carbons (Fsp3) is 0.857. The van der Waals surface area contributed by atoms with E-state index in [0.717, 1.165) is 0 Å². The number of fused-ring (bicyclic) bond motifs is 1. The SMILES string of the molecule is CC(C)(C)OC(=O)N1CCC2(C(F)F)CCC(=O)NC2C1. The summed E-state index contributed by atoms with van der Waals surface area (Å²) in [5.41, 5.74) is -1.85. The van der Waals surface area contributed by atoms with E-state index in [1.807, 2.05) is 0 Å². The second-order valence-corrected chi connectivity index (χ2v) is 6.83. The zero-order chi connectivity index (χ0) is 15.8. The van der Waals surface area contributed by atoms with Crippen LogP contribution in [-0.4, -0.2) is 48.1 Å². The summed E-state index contributed by atoms with van der Waals surface area (Å²) < 4.78 is 32.2. The second kappa shape index (κ2) is 5.42. The molecular formula is C14H22F2N2O3. The van der Waals surface area contributed by atoms with E-state index in [1.165, 1.54) is 4.90 Å². The molecule has 2 saturated heterocycles. The number of piperidine rings is 2. The van der Waals surface area contributed by atoms with E-state index in [2.05, 4.69) is 5.32 Å². The first-order chi connectivity index (χ1) is 9.64. The Kier molecular flexibility index (Phi) is 4.13. The molecular weight excluding hydrogens is 282 g/mol. The quantitative estimate of drug-likeness (QED) is 0.807. The molecule has 2 rings (SSSR count). The summed E-state index contributed by atoms with van der Waals surface area (Å²) in [7, 11) is 0. The van der Waals surface area contributed by atoms with E-state index in [0.29, 0.717) is 0 Å². The summed E-state index contributed by atoms with van der Waals surface area (Å²) in [4.78, 5) is 24.9. The van der Waals surface area contributed by atoms with Gasteiger partial charge in [0.25, 0.3) is 0 Å². The highest BCUT2D eigenvalue weighted by molar-refractivity contribution is 5.78. The van der Waals surface area contributed by atoms with Gasteiger partial charge in [-0.25, -0.2) is 13.6 Å². The van der Waals surface area contributed by atoms with Gasteiger partial charge in [-0.15, -0.1) is 0 Å². The number of amides is 2. The van der Waals surface area contributed by atoms with Crippen molar-refractivity contribution in [2.45, 2.75) is 58.1 Å². The first kappa shape index (κ1) is 16.0. The number of hydrogen-bond acceptors (Lipinski definition) is 3. The molecule has 21 heavy (non-hydrogen) atoms. The Balaban J connectivity index is 2.10. The Hall–Kier alpha value is -1.40. The van der Waals surface area contributed by atoms with Gasteiger partial charge in [-0.3, -0.25) is 4.79 Å². The molecule has 0 aromatic heterocycles. The summed E-state index contributed by atoms with van der Waals surface area (Å²) in [5, 5.41) is 2.62. The van der Waals surface area contributed by atoms with Crippen LogP contribution in [0.3, 0.4) is 0 Å². The molecule has 2 aliphatic heterocycles. The number of nitrogens with one attached hydrogen (secondary N) is 1. The molecule has 2 heterocycles. The molecule has 7 heteroatoms. The number of alkyl halides is 2. The average molecular weight is 304 g/mol. The molecule has 0 aromatic rings. The Morgan fingerprint density at radius 2 is 2.10 bits per heavy atom. The number of carbonyl (C=O) groups is 2. The molecule has 2 unspecified atom stereocenters. The Morgan fingerprint density at radius 1 is 1.43 bits per heavy atom. The fourth-order valence-corrected chi connectivity index (χ4v) is 2.97. The van der Waals surface area contributed by atoms with E-state index < -0.39 is 29.6 Å². The fourth-order valence-electron chi connectivity index (χ4n) is 2.97. The highest BCUT2D eigenvalue weighted by Gasteiger charge is 2.53. The van der Waals surface area contributed by atoms with Gasteiger partial charge in [-0.1, -0.05) is 0 Å².